The zero-order valence-electron chi connectivity index (χ0n) is 12.0. The Morgan fingerprint density at radius 3 is 2.32 bits per heavy atom. The van der Waals surface area contributed by atoms with Crippen LogP contribution >= 0.6 is 11.8 Å². The van der Waals surface area contributed by atoms with Gasteiger partial charge in [-0.3, -0.25) is 0 Å². The topological polar surface area (TPSA) is 46.2 Å². The lowest BCUT2D eigenvalue weighted by molar-refractivity contribution is 0.589. The number of hydrogen-bond acceptors (Lipinski definition) is 4. The average Bonchev–Trinajstić information content (AvgIpc) is 2.31. The highest BCUT2D eigenvalue weighted by molar-refractivity contribution is 8.01. The molecule has 0 fully saturated rings. The number of rotatable bonds is 7. The predicted molar refractivity (Wildman–Crippen MR) is 84.6 cm³/mol. The van der Waals surface area contributed by atoms with Crippen molar-refractivity contribution < 1.29 is 8.42 Å². The van der Waals surface area contributed by atoms with Crippen molar-refractivity contribution in [2.75, 3.05) is 24.8 Å². The Labute approximate surface area is 121 Å². The number of thioether (sulfide) groups is 1. The van der Waals surface area contributed by atoms with Crippen LogP contribution in [0, 0.1) is 6.92 Å². The average molecular weight is 301 g/mol. The first kappa shape index (κ1) is 16.5. The summed E-state index contributed by atoms with van der Waals surface area (Å²) in [5.41, 5.74) is 2.49. The molecule has 2 unspecified atom stereocenters. The summed E-state index contributed by atoms with van der Waals surface area (Å²) in [5, 5.41) is 3.64. The van der Waals surface area contributed by atoms with E-state index in [9.17, 15) is 8.42 Å². The summed E-state index contributed by atoms with van der Waals surface area (Å²) < 4.78 is 22.3. The molecule has 1 aromatic carbocycles. The minimum atomic E-state index is -2.86. The minimum absolute atomic E-state index is 0.241. The zero-order valence-corrected chi connectivity index (χ0v) is 13.6. The lowest BCUT2D eigenvalue weighted by Gasteiger charge is -2.23. The maximum absolute atomic E-state index is 11.1. The molecule has 3 nitrogen and oxygen atoms in total. The van der Waals surface area contributed by atoms with Crippen molar-refractivity contribution in [3.05, 3.63) is 35.4 Å². The third-order valence-electron chi connectivity index (χ3n) is 3.05. The van der Waals surface area contributed by atoms with Gasteiger partial charge < -0.3 is 5.32 Å². The Hall–Kier alpha value is -0.520. The lowest BCUT2D eigenvalue weighted by atomic mass is 10.0. The van der Waals surface area contributed by atoms with E-state index in [1.807, 2.05) is 7.05 Å². The van der Waals surface area contributed by atoms with Crippen molar-refractivity contribution in [3.8, 4) is 0 Å². The van der Waals surface area contributed by atoms with E-state index in [1.54, 1.807) is 11.8 Å². The van der Waals surface area contributed by atoms with Crippen LogP contribution in [-0.2, 0) is 9.84 Å². The van der Waals surface area contributed by atoms with Crippen LogP contribution in [0.25, 0.3) is 0 Å². The summed E-state index contributed by atoms with van der Waals surface area (Å²) in [5.74, 6) is 0.885. The second-order valence-corrected chi connectivity index (χ2v) is 8.63. The molecular formula is C14H23NO2S2. The molecule has 108 valence electrons. The number of benzene rings is 1. The van der Waals surface area contributed by atoms with Gasteiger partial charge in [0.1, 0.15) is 9.84 Å². The van der Waals surface area contributed by atoms with Gasteiger partial charge in [-0.15, -0.1) is 0 Å². The smallest absolute Gasteiger partial charge is 0.148 e. The van der Waals surface area contributed by atoms with E-state index in [1.165, 1.54) is 17.4 Å². The van der Waals surface area contributed by atoms with E-state index >= 15 is 0 Å². The molecule has 0 aliphatic heterocycles. The van der Waals surface area contributed by atoms with Crippen LogP contribution in [0.3, 0.4) is 0 Å². The van der Waals surface area contributed by atoms with Gasteiger partial charge in [-0.05, 0) is 19.5 Å². The highest BCUT2D eigenvalue weighted by atomic mass is 32.2. The molecule has 0 aromatic heterocycles. The molecule has 0 saturated carbocycles. The number of nitrogens with one attached hydrogen (secondary N) is 1. The molecular weight excluding hydrogens is 278 g/mol. The molecule has 0 saturated heterocycles. The van der Waals surface area contributed by atoms with Crippen LogP contribution in [-0.4, -0.2) is 38.5 Å². The van der Waals surface area contributed by atoms with Crippen LogP contribution in [0.2, 0.25) is 0 Å². The summed E-state index contributed by atoms with van der Waals surface area (Å²) >= 11 is 1.69. The first-order chi connectivity index (χ1) is 8.83. The highest BCUT2D eigenvalue weighted by Crippen LogP contribution is 2.26. The molecule has 0 bridgehead atoms. The fourth-order valence-corrected chi connectivity index (χ4v) is 4.38. The van der Waals surface area contributed by atoms with Crippen molar-refractivity contribution in [1.29, 1.82) is 0 Å². The highest BCUT2D eigenvalue weighted by Gasteiger charge is 2.18. The second-order valence-electron chi connectivity index (χ2n) is 4.88. The van der Waals surface area contributed by atoms with Gasteiger partial charge in [0.15, 0.2) is 0 Å². The van der Waals surface area contributed by atoms with Crippen molar-refractivity contribution in [2.45, 2.75) is 25.1 Å². The zero-order chi connectivity index (χ0) is 14.5. The Kier molecular flexibility index (Phi) is 6.36. The van der Waals surface area contributed by atoms with Crippen molar-refractivity contribution in [2.24, 2.45) is 0 Å². The Balaban J connectivity index is 2.61. The van der Waals surface area contributed by atoms with Crippen LogP contribution < -0.4 is 5.32 Å². The minimum Gasteiger partial charge on any atom is -0.312 e. The van der Waals surface area contributed by atoms with E-state index in [-0.39, 0.29) is 11.8 Å². The van der Waals surface area contributed by atoms with Gasteiger partial charge in [0.2, 0.25) is 0 Å². The van der Waals surface area contributed by atoms with Crippen molar-refractivity contribution in [1.82, 2.24) is 5.32 Å². The molecule has 1 aromatic rings. The summed E-state index contributed by atoms with van der Waals surface area (Å²) in [6, 6.07) is 8.71. The molecule has 0 aliphatic rings. The van der Waals surface area contributed by atoms with Crippen LogP contribution in [0.1, 0.15) is 24.1 Å². The second kappa shape index (κ2) is 7.31. The molecule has 0 aliphatic carbocycles. The summed E-state index contributed by atoms with van der Waals surface area (Å²) in [4.78, 5) is 0. The Morgan fingerprint density at radius 1 is 1.26 bits per heavy atom. The van der Waals surface area contributed by atoms with E-state index in [2.05, 4.69) is 43.4 Å². The van der Waals surface area contributed by atoms with Gasteiger partial charge in [-0.25, -0.2) is 8.42 Å². The molecule has 0 radical (unpaired) electrons. The maximum atomic E-state index is 11.1. The van der Waals surface area contributed by atoms with E-state index < -0.39 is 9.84 Å². The van der Waals surface area contributed by atoms with E-state index in [4.69, 9.17) is 0 Å². The fraction of sp³-hybridized carbons (Fsp3) is 0.571. The molecule has 0 amide bonds. The third kappa shape index (κ3) is 5.97. The molecule has 2 atom stereocenters. The molecule has 0 heterocycles. The SMILES string of the molecule is CNC(c1ccc(C)cc1)C(C)SCCS(C)(=O)=O. The number of aryl methyl sites for hydroxylation is 1. The first-order valence-electron chi connectivity index (χ1n) is 6.36. The molecule has 1 N–H and O–H groups in total. The Bertz CT molecular complexity index is 483. The van der Waals surface area contributed by atoms with Gasteiger partial charge in [0.25, 0.3) is 0 Å². The van der Waals surface area contributed by atoms with Gasteiger partial charge in [0, 0.05) is 23.3 Å². The standard InChI is InChI=1S/C14H23NO2S2/c1-11-5-7-13(8-6-11)14(15-3)12(2)18-9-10-19(4,16)17/h5-8,12,14-15H,9-10H2,1-4H3. The number of hydrogen-bond donors (Lipinski definition) is 1. The fourth-order valence-electron chi connectivity index (χ4n) is 1.93. The van der Waals surface area contributed by atoms with Gasteiger partial charge in [-0.2, -0.15) is 11.8 Å². The van der Waals surface area contributed by atoms with Crippen LogP contribution in [0.4, 0.5) is 0 Å². The summed E-state index contributed by atoms with van der Waals surface area (Å²) in [6.07, 6.45) is 1.29. The van der Waals surface area contributed by atoms with Gasteiger partial charge in [-0.1, -0.05) is 36.8 Å². The predicted octanol–water partition coefficient (Wildman–Crippen LogP) is 2.42. The normalized spacial score (nSPS) is 15.2. The third-order valence-corrected chi connectivity index (χ3v) is 5.49. The van der Waals surface area contributed by atoms with E-state index in [0.717, 1.165) is 0 Å². The van der Waals surface area contributed by atoms with Crippen LogP contribution in [0.5, 0.6) is 0 Å². The van der Waals surface area contributed by atoms with Gasteiger partial charge in [0.05, 0.1) is 5.75 Å². The first-order valence-corrected chi connectivity index (χ1v) is 9.47. The van der Waals surface area contributed by atoms with E-state index in [0.29, 0.717) is 11.0 Å². The Morgan fingerprint density at radius 2 is 1.84 bits per heavy atom. The summed E-state index contributed by atoms with van der Waals surface area (Å²) in [6.45, 7) is 4.20. The maximum Gasteiger partial charge on any atom is 0.148 e. The summed E-state index contributed by atoms with van der Waals surface area (Å²) in [7, 11) is -0.921. The quantitative estimate of drug-likeness (QED) is 0.840. The van der Waals surface area contributed by atoms with Crippen LogP contribution in [0.15, 0.2) is 24.3 Å². The monoisotopic (exact) mass is 301 g/mol. The van der Waals surface area contributed by atoms with Crippen molar-refractivity contribution in [3.63, 3.8) is 0 Å². The largest absolute Gasteiger partial charge is 0.312 e. The molecule has 5 heteroatoms. The molecule has 1 rings (SSSR count). The van der Waals surface area contributed by atoms with Crippen molar-refractivity contribution >= 4 is 21.6 Å². The number of sulfone groups is 1. The lowest BCUT2D eigenvalue weighted by Crippen LogP contribution is -2.26. The molecule has 19 heavy (non-hydrogen) atoms. The van der Waals surface area contributed by atoms with Gasteiger partial charge >= 0.3 is 0 Å². The molecule has 0 spiro atoms.